The summed E-state index contributed by atoms with van der Waals surface area (Å²) >= 11 is 0. The molecule has 5 heteroatoms. The quantitative estimate of drug-likeness (QED) is 0.866. The fraction of sp³-hybridized carbons (Fsp3) is 0.625. The topological polar surface area (TPSA) is 30.5 Å². The van der Waals surface area contributed by atoms with Gasteiger partial charge >= 0.3 is 6.61 Å². The molecule has 1 fully saturated rings. The average molecular weight is 299 g/mol. The van der Waals surface area contributed by atoms with Crippen LogP contribution in [0.4, 0.5) is 14.5 Å². The Labute approximate surface area is 124 Å². The molecular formula is C16H23F2NO2. The van der Waals surface area contributed by atoms with Crippen molar-refractivity contribution in [1.29, 1.82) is 0 Å². The molecule has 0 bridgehead atoms. The summed E-state index contributed by atoms with van der Waals surface area (Å²) in [6.07, 6.45) is 3.29. The fourth-order valence-electron chi connectivity index (χ4n) is 3.23. The average Bonchev–Trinajstić information content (AvgIpc) is 2.39. The minimum absolute atomic E-state index is 0.164. The van der Waals surface area contributed by atoms with Gasteiger partial charge in [-0.25, -0.2) is 0 Å². The van der Waals surface area contributed by atoms with E-state index in [2.05, 4.69) is 23.9 Å². The van der Waals surface area contributed by atoms with E-state index in [1.54, 1.807) is 19.2 Å². The third-order valence-electron chi connectivity index (χ3n) is 3.94. The smallest absolute Gasteiger partial charge is 0.387 e. The number of rotatable bonds is 5. The summed E-state index contributed by atoms with van der Waals surface area (Å²) in [5.41, 5.74) is 0.570. The predicted molar refractivity (Wildman–Crippen MR) is 79.2 cm³/mol. The molecule has 2 atom stereocenters. The van der Waals surface area contributed by atoms with Crippen LogP contribution in [0.5, 0.6) is 11.5 Å². The normalized spacial score (nSPS) is 25.7. The van der Waals surface area contributed by atoms with E-state index < -0.39 is 6.61 Å². The fourth-order valence-corrected chi connectivity index (χ4v) is 3.23. The minimum atomic E-state index is -2.83. The highest BCUT2D eigenvalue weighted by Gasteiger charge is 2.25. The first-order valence-electron chi connectivity index (χ1n) is 7.37. The van der Waals surface area contributed by atoms with Crippen molar-refractivity contribution in [2.24, 2.45) is 11.8 Å². The standard InChI is InChI=1S/C16H23F2NO2/c1-10-6-11(2)8-12(7-10)19-14-9-13(20-3)4-5-15(14)21-16(17)18/h4-5,9-12,16,19H,6-8H2,1-3H3. The number of benzene rings is 1. The van der Waals surface area contributed by atoms with Crippen LogP contribution in [-0.4, -0.2) is 19.8 Å². The summed E-state index contributed by atoms with van der Waals surface area (Å²) in [7, 11) is 1.55. The van der Waals surface area contributed by atoms with Gasteiger partial charge in [-0.2, -0.15) is 8.78 Å². The lowest BCUT2D eigenvalue weighted by molar-refractivity contribution is -0.0494. The maximum absolute atomic E-state index is 12.5. The summed E-state index contributed by atoms with van der Waals surface area (Å²) in [5.74, 6) is 2.06. The van der Waals surface area contributed by atoms with Crippen LogP contribution in [0.1, 0.15) is 33.1 Å². The number of nitrogens with one attached hydrogen (secondary N) is 1. The van der Waals surface area contributed by atoms with Gasteiger partial charge in [0.05, 0.1) is 12.8 Å². The number of hydrogen-bond donors (Lipinski definition) is 1. The summed E-state index contributed by atoms with van der Waals surface area (Å²) in [6, 6.07) is 5.12. The van der Waals surface area contributed by atoms with Crippen molar-refractivity contribution in [1.82, 2.24) is 0 Å². The summed E-state index contributed by atoms with van der Waals surface area (Å²) in [5, 5.41) is 3.35. The summed E-state index contributed by atoms with van der Waals surface area (Å²) in [6.45, 7) is 1.63. The van der Waals surface area contributed by atoms with Crippen LogP contribution < -0.4 is 14.8 Å². The lowest BCUT2D eigenvalue weighted by Crippen LogP contribution is -2.30. The van der Waals surface area contributed by atoms with Crippen LogP contribution in [0, 0.1) is 11.8 Å². The lowest BCUT2D eigenvalue weighted by atomic mass is 9.80. The highest BCUT2D eigenvalue weighted by atomic mass is 19.3. The van der Waals surface area contributed by atoms with Crippen molar-refractivity contribution in [3.05, 3.63) is 18.2 Å². The maximum atomic E-state index is 12.5. The molecule has 0 amide bonds. The SMILES string of the molecule is COc1ccc(OC(F)F)c(NC2CC(C)CC(C)C2)c1. The molecule has 0 radical (unpaired) electrons. The van der Waals surface area contributed by atoms with Crippen LogP contribution in [0.15, 0.2) is 18.2 Å². The molecule has 0 heterocycles. The Morgan fingerprint density at radius 1 is 1.14 bits per heavy atom. The van der Waals surface area contributed by atoms with E-state index in [9.17, 15) is 8.78 Å². The largest absolute Gasteiger partial charge is 0.497 e. The molecule has 2 unspecified atom stereocenters. The molecule has 1 aliphatic rings. The van der Waals surface area contributed by atoms with E-state index in [4.69, 9.17) is 4.74 Å². The molecule has 0 aliphatic heterocycles. The molecule has 0 spiro atoms. The van der Waals surface area contributed by atoms with E-state index in [1.807, 2.05) is 0 Å². The van der Waals surface area contributed by atoms with Crippen LogP contribution in [-0.2, 0) is 0 Å². The Morgan fingerprint density at radius 2 is 1.81 bits per heavy atom. The number of halogens is 2. The van der Waals surface area contributed by atoms with E-state index in [1.165, 1.54) is 12.5 Å². The number of ether oxygens (including phenoxy) is 2. The van der Waals surface area contributed by atoms with Gasteiger partial charge in [0, 0.05) is 12.1 Å². The first kappa shape index (κ1) is 15.9. The molecule has 3 nitrogen and oxygen atoms in total. The molecule has 2 rings (SSSR count). The van der Waals surface area contributed by atoms with Gasteiger partial charge in [-0.15, -0.1) is 0 Å². The van der Waals surface area contributed by atoms with Crippen molar-refractivity contribution in [2.45, 2.75) is 45.8 Å². The molecule has 0 saturated heterocycles. The Balaban J connectivity index is 2.16. The van der Waals surface area contributed by atoms with Crippen LogP contribution in [0.2, 0.25) is 0 Å². The van der Waals surface area contributed by atoms with Gasteiger partial charge in [0.2, 0.25) is 0 Å². The lowest BCUT2D eigenvalue weighted by Gasteiger charge is -2.33. The van der Waals surface area contributed by atoms with Crippen LogP contribution >= 0.6 is 0 Å². The van der Waals surface area contributed by atoms with E-state index in [-0.39, 0.29) is 11.8 Å². The molecule has 1 aliphatic carbocycles. The zero-order valence-electron chi connectivity index (χ0n) is 12.7. The zero-order chi connectivity index (χ0) is 15.4. The van der Waals surface area contributed by atoms with Gasteiger partial charge in [0.1, 0.15) is 11.5 Å². The van der Waals surface area contributed by atoms with Gasteiger partial charge in [-0.1, -0.05) is 13.8 Å². The van der Waals surface area contributed by atoms with Gasteiger partial charge in [-0.05, 0) is 43.2 Å². The predicted octanol–water partition coefficient (Wildman–Crippen LogP) is 4.53. The van der Waals surface area contributed by atoms with Crippen LogP contribution in [0.3, 0.4) is 0 Å². The monoisotopic (exact) mass is 299 g/mol. The summed E-state index contributed by atoms with van der Waals surface area (Å²) in [4.78, 5) is 0. The molecule has 1 aromatic rings. The number of anilines is 1. The highest BCUT2D eigenvalue weighted by Crippen LogP contribution is 2.35. The Morgan fingerprint density at radius 3 is 2.38 bits per heavy atom. The van der Waals surface area contributed by atoms with E-state index in [0.717, 1.165) is 12.8 Å². The van der Waals surface area contributed by atoms with Crippen molar-refractivity contribution in [3.8, 4) is 11.5 Å². The number of alkyl halides is 2. The Hall–Kier alpha value is -1.52. The Bertz CT molecular complexity index is 458. The molecular weight excluding hydrogens is 276 g/mol. The highest BCUT2D eigenvalue weighted by molar-refractivity contribution is 5.60. The third-order valence-corrected chi connectivity index (χ3v) is 3.94. The molecule has 21 heavy (non-hydrogen) atoms. The van der Waals surface area contributed by atoms with Crippen molar-refractivity contribution >= 4 is 5.69 Å². The third kappa shape index (κ3) is 4.48. The van der Waals surface area contributed by atoms with E-state index >= 15 is 0 Å². The molecule has 0 aromatic heterocycles. The minimum Gasteiger partial charge on any atom is -0.497 e. The maximum Gasteiger partial charge on any atom is 0.387 e. The molecule has 1 saturated carbocycles. The van der Waals surface area contributed by atoms with Gasteiger partial charge < -0.3 is 14.8 Å². The second-order valence-corrected chi connectivity index (χ2v) is 6.00. The van der Waals surface area contributed by atoms with Crippen molar-refractivity contribution in [2.75, 3.05) is 12.4 Å². The summed E-state index contributed by atoms with van der Waals surface area (Å²) < 4.78 is 34.8. The second-order valence-electron chi connectivity index (χ2n) is 6.00. The van der Waals surface area contributed by atoms with Gasteiger partial charge in [0.15, 0.2) is 0 Å². The van der Waals surface area contributed by atoms with Gasteiger partial charge in [0.25, 0.3) is 0 Å². The number of methoxy groups -OCH3 is 1. The first-order chi connectivity index (χ1) is 9.97. The first-order valence-corrected chi connectivity index (χ1v) is 7.37. The zero-order valence-corrected chi connectivity index (χ0v) is 12.7. The van der Waals surface area contributed by atoms with Gasteiger partial charge in [-0.3, -0.25) is 0 Å². The Kier molecular flexibility index (Phi) is 5.26. The van der Waals surface area contributed by atoms with Crippen LogP contribution in [0.25, 0.3) is 0 Å². The van der Waals surface area contributed by atoms with Crippen molar-refractivity contribution in [3.63, 3.8) is 0 Å². The second kappa shape index (κ2) is 6.96. The molecule has 118 valence electrons. The molecule has 1 N–H and O–H groups in total. The number of hydrogen-bond acceptors (Lipinski definition) is 3. The van der Waals surface area contributed by atoms with Crippen molar-refractivity contribution < 1.29 is 18.3 Å². The molecule has 1 aromatic carbocycles. The van der Waals surface area contributed by atoms with E-state index in [0.29, 0.717) is 23.3 Å².